The van der Waals surface area contributed by atoms with Crippen molar-refractivity contribution in [1.29, 1.82) is 5.26 Å². The van der Waals surface area contributed by atoms with Crippen molar-refractivity contribution in [3.8, 4) is 6.07 Å². The number of aliphatic hydroxyl groups is 1. The van der Waals surface area contributed by atoms with Crippen molar-refractivity contribution in [3.05, 3.63) is 24.0 Å². The molecule has 0 saturated carbocycles. The Morgan fingerprint density at radius 3 is 2.45 bits per heavy atom. The van der Waals surface area contributed by atoms with E-state index in [0.29, 0.717) is 24.2 Å². The highest BCUT2D eigenvalue weighted by Crippen LogP contribution is 2.43. The lowest BCUT2D eigenvalue weighted by atomic mass is 9.78. The lowest BCUT2D eigenvalue weighted by Gasteiger charge is -2.41. The van der Waals surface area contributed by atoms with Crippen molar-refractivity contribution in [2.75, 3.05) is 0 Å². The van der Waals surface area contributed by atoms with Crippen LogP contribution in [-0.4, -0.2) is 19.0 Å². The van der Waals surface area contributed by atoms with E-state index in [1.807, 2.05) is 0 Å². The van der Waals surface area contributed by atoms with E-state index in [1.54, 1.807) is 13.0 Å². The van der Waals surface area contributed by atoms with Crippen molar-refractivity contribution >= 4 is 8.32 Å². The average molecular weight is 293 g/mol. The third kappa shape index (κ3) is 3.53. The predicted molar refractivity (Wildman–Crippen MR) is 84.5 cm³/mol. The molecule has 0 aromatic heterocycles. The summed E-state index contributed by atoms with van der Waals surface area (Å²) in [4.78, 5) is 0. The predicted octanol–water partition coefficient (Wildman–Crippen LogP) is 4.13. The number of allylic oxidation sites excluding steroid dienone is 2. The summed E-state index contributed by atoms with van der Waals surface area (Å²) in [6.45, 7) is 16.4. The summed E-state index contributed by atoms with van der Waals surface area (Å²) in [5, 5.41) is 19.9. The van der Waals surface area contributed by atoms with Gasteiger partial charge in [0.2, 0.25) is 8.32 Å². The fraction of sp³-hybridized carbons (Fsp3) is 0.688. The van der Waals surface area contributed by atoms with Gasteiger partial charge in [-0.05, 0) is 31.5 Å². The van der Waals surface area contributed by atoms with Gasteiger partial charge in [-0.25, -0.2) is 0 Å². The van der Waals surface area contributed by atoms with Gasteiger partial charge in [-0.1, -0.05) is 26.8 Å². The third-order valence-electron chi connectivity index (χ3n) is 4.46. The quantitative estimate of drug-likeness (QED) is 0.628. The molecule has 0 radical (unpaired) electrons. The van der Waals surface area contributed by atoms with Crippen LogP contribution in [0, 0.1) is 17.2 Å². The minimum Gasteiger partial charge on any atom is -0.546 e. The normalized spacial score (nSPS) is 28.0. The molecule has 2 atom stereocenters. The standard InChI is InChI=1S/C16H27NO2Si/c1-8-12-9-16(5,18)10-14(13(12)11-17)19-20(6,7)15(2,3)4/h8,12,18H,1,9-10H2,2-7H3/t12-,16+/m1/s1. The number of hydrogen-bond donors (Lipinski definition) is 1. The molecule has 0 aromatic rings. The summed E-state index contributed by atoms with van der Waals surface area (Å²) in [6.07, 6.45) is 2.68. The van der Waals surface area contributed by atoms with Crippen LogP contribution in [0.4, 0.5) is 0 Å². The first-order valence-corrected chi connectivity index (χ1v) is 10.0. The second kappa shape index (κ2) is 5.38. The van der Waals surface area contributed by atoms with Gasteiger partial charge in [0.25, 0.3) is 0 Å². The second-order valence-corrected chi connectivity index (χ2v) is 12.3. The molecule has 0 heterocycles. The molecule has 20 heavy (non-hydrogen) atoms. The molecular formula is C16H27NO2Si. The van der Waals surface area contributed by atoms with E-state index >= 15 is 0 Å². The van der Waals surface area contributed by atoms with Gasteiger partial charge in [0.05, 0.1) is 23.0 Å². The Balaban J connectivity index is 3.21. The largest absolute Gasteiger partial charge is 0.546 e. The summed E-state index contributed by atoms with van der Waals surface area (Å²) in [5.41, 5.74) is -0.201. The maximum absolute atomic E-state index is 10.4. The SMILES string of the molecule is C=C[C@@H]1C[C@](C)(O)CC(O[Si](C)(C)C(C)(C)C)=C1C#N. The van der Waals surface area contributed by atoms with Gasteiger partial charge in [-0.3, -0.25) is 0 Å². The van der Waals surface area contributed by atoms with Gasteiger partial charge < -0.3 is 9.53 Å². The van der Waals surface area contributed by atoms with Gasteiger partial charge in [0.1, 0.15) is 0 Å². The van der Waals surface area contributed by atoms with E-state index in [-0.39, 0.29) is 11.0 Å². The Morgan fingerprint density at radius 2 is 2.05 bits per heavy atom. The van der Waals surface area contributed by atoms with Crippen LogP contribution < -0.4 is 0 Å². The lowest BCUT2D eigenvalue weighted by Crippen LogP contribution is -2.43. The molecule has 0 bridgehead atoms. The maximum Gasteiger partial charge on any atom is 0.250 e. The highest BCUT2D eigenvalue weighted by atomic mass is 28.4. The molecule has 112 valence electrons. The maximum atomic E-state index is 10.4. The van der Waals surface area contributed by atoms with Crippen LogP contribution in [0.5, 0.6) is 0 Å². The first-order valence-electron chi connectivity index (χ1n) is 7.10. The molecule has 0 saturated heterocycles. The van der Waals surface area contributed by atoms with Crippen LogP contribution in [0.15, 0.2) is 24.0 Å². The molecular weight excluding hydrogens is 266 g/mol. The van der Waals surface area contributed by atoms with E-state index in [1.165, 1.54) is 0 Å². The number of rotatable bonds is 3. The molecule has 0 spiro atoms. The summed E-state index contributed by atoms with van der Waals surface area (Å²) >= 11 is 0. The molecule has 0 aromatic carbocycles. The Morgan fingerprint density at radius 1 is 1.50 bits per heavy atom. The fourth-order valence-corrected chi connectivity index (χ4v) is 3.30. The highest BCUT2D eigenvalue weighted by Gasteiger charge is 2.43. The second-order valence-electron chi connectivity index (χ2n) is 7.53. The van der Waals surface area contributed by atoms with E-state index in [9.17, 15) is 10.4 Å². The molecule has 0 unspecified atom stereocenters. The molecule has 0 amide bonds. The Hall–Kier alpha value is -1.05. The molecule has 3 nitrogen and oxygen atoms in total. The smallest absolute Gasteiger partial charge is 0.250 e. The van der Waals surface area contributed by atoms with Crippen LogP contribution >= 0.6 is 0 Å². The molecule has 1 aliphatic rings. The van der Waals surface area contributed by atoms with E-state index in [4.69, 9.17) is 4.43 Å². The molecule has 0 aliphatic heterocycles. The van der Waals surface area contributed by atoms with Crippen LogP contribution in [0.2, 0.25) is 18.1 Å². The molecule has 1 aliphatic carbocycles. The lowest BCUT2D eigenvalue weighted by molar-refractivity contribution is 0.0258. The molecule has 0 fully saturated rings. The monoisotopic (exact) mass is 293 g/mol. The van der Waals surface area contributed by atoms with Crippen molar-refractivity contribution in [1.82, 2.24) is 0 Å². The van der Waals surface area contributed by atoms with Crippen LogP contribution in [0.1, 0.15) is 40.5 Å². The van der Waals surface area contributed by atoms with Crippen molar-refractivity contribution in [2.24, 2.45) is 5.92 Å². The fourth-order valence-electron chi connectivity index (χ4n) is 2.19. The highest BCUT2D eigenvalue weighted by molar-refractivity contribution is 6.74. The van der Waals surface area contributed by atoms with E-state index in [0.717, 1.165) is 0 Å². The summed E-state index contributed by atoms with van der Waals surface area (Å²) in [6, 6.07) is 2.26. The minimum absolute atomic E-state index is 0.0630. The minimum atomic E-state index is -2.01. The Kier molecular flexibility index (Phi) is 4.57. The van der Waals surface area contributed by atoms with Crippen LogP contribution in [-0.2, 0) is 4.43 Å². The van der Waals surface area contributed by atoms with Gasteiger partial charge in [-0.15, -0.1) is 6.58 Å². The topological polar surface area (TPSA) is 53.2 Å². The zero-order valence-electron chi connectivity index (χ0n) is 13.6. The van der Waals surface area contributed by atoms with Crippen LogP contribution in [0.25, 0.3) is 0 Å². The summed E-state index contributed by atoms with van der Waals surface area (Å²) in [7, 11) is -2.01. The molecule has 1 rings (SSSR count). The van der Waals surface area contributed by atoms with Crippen molar-refractivity contribution < 1.29 is 9.53 Å². The van der Waals surface area contributed by atoms with E-state index in [2.05, 4.69) is 46.5 Å². The number of hydrogen-bond acceptors (Lipinski definition) is 3. The summed E-state index contributed by atoms with van der Waals surface area (Å²) in [5.74, 6) is 0.545. The molecule has 1 N–H and O–H groups in total. The number of nitriles is 1. The first kappa shape index (κ1) is 17.0. The molecule has 4 heteroatoms. The zero-order chi connectivity index (χ0) is 15.8. The summed E-state index contributed by atoms with van der Waals surface area (Å²) < 4.78 is 6.30. The third-order valence-corrected chi connectivity index (χ3v) is 8.83. The van der Waals surface area contributed by atoms with Gasteiger partial charge in [0.15, 0.2) is 0 Å². The van der Waals surface area contributed by atoms with Crippen molar-refractivity contribution in [3.63, 3.8) is 0 Å². The van der Waals surface area contributed by atoms with E-state index < -0.39 is 13.9 Å². The van der Waals surface area contributed by atoms with Gasteiger partial charge in [-0.2, -0.15) is 5.26 Å². The average Bonchev–Trinajstić information content (AvgIpc) is 2.24. The van der Waals surface area contributed by atoms with Gasteiger partial charge in [0, 0.05) is 12.3 Å². The number of nitrogens with zero attached hydrogens (tertiary/aromatic N) is 1. The first-order chi connectivity index (χ1) is 8.93. The van der Waals surface area contributed by atoms with Gasteiger partial charge >= 0.3 is 0 Å². The Bertz CT molecular complexity index is 464. The van der Waals surface area contributed by atoms with Crippen LogP contribution in [0.3, 0.4) is 0 Å². The van der Waals surface area contributed by atoms with Crippen molar-refractivity contribution in [2.45, 2.75) is 64.3 Å². The Labute approximate surface area is 124 Å². The zero-order valence-corrected chi connectivity index (χ0v) is 14.6.